The number of hydrogen-bond donors (Lipinski definition) is 4. The summed E-state index contributed by atoms with van der Waals surface area (Å²) in [5.74, 6) is 0.790. The third-order valence-electron chi connectivity index (χ3n) is 4.26. The lowest BCUT2D eigenvalue weighted by molar-refractivity contribution is 0.235. The van der Waals surface area contributed by atoms with E-state index in [1.54, 1.807) is 12.4 Å². The third-order valence-corrected chi connectivity index (χ3v) is 4.26. The lowest BCUT2D eigenvalue weighted by Crippen LogP contribution is -2.40. The molecular formula is C17H24N6O2. The molecule has 2 aromatic heterocycles. The molecule has 2 amide bonds. The standard InChI is InChI=1S/C17H24N6O2/c24-11-10-23-15-5-3-4-14(13(15)12-21-23)22-17(25)20-9-8-19-16-6-1-2-7-18-16/h1-2,6-7,12,14,24H,3-5,8-11H2,(H,18,19)(H2,20,22,25). The number of hydrogen-bond acceptors (Lipinski definition) is 5. The second-order valence-electron chi connectivity index (χ2n) is 5.98. The first-order valence-corrected chi connectivity index (χ1v) is 8.62. The first kappa shape index (κ1) is 17.2. The zero-order chi connectivity index (χ0) is 17.5. The van der Waals surface area contributed by atoms with E-state index in [-0.39, 0.29) is 18.7 Å². The molecule has 0 saturated carbocycles. The highest BCUT2D eigenvalue weighted by molar-refractivity contribution is 5.74. The van der Waals surface area contributed by atoms with Crippen LogP contribution in [-0.2, 0) is 13.0 Å². The van der Waals surface area contributed by atoms with Gasteiger partial charge in [-0.2, -0.15) is 5.10 Å². The van der Waals surface area contributed by atoms with Gasteiger partial charge in [0.25, 0.3) is 0 Å². The number of pyridine rings is 1. The fourth-order valence-corrected chi connectivity index (χ4v) is 3.10. The van der Waals surface area contributed by atoms with Crippen molar-refractivity contribution < 1.29 is 9.90 Å². The van der Waals surface area contributed by atoms with Crippen LogP contribution in [0.3, 0.4) is 0 Å². The quantitative estimate of drug-likeness (QED) is 0.562. The van der Waals surface area contributed by atoms with Crippen LogP contribution in [0.25, 0.3) is 0 Å². The minimum absolute atomic E-state index is 0.0278. The Bertz CT molecular complexity index is 688. The summed E-state index contributed by atoms with van der Waals surface area (Å²) in [6.07, 6.45) is 6.36. The van der Waals surface area contributed by atoms with Crippen molar-refractivity contribution in [3.05, 3.63) is 41.9 Å². The zero-order valence-corrected chi connectivity index (χ0v) is 14.1. The number of anilines is 1. The Kier molecular flexibility index (Phi) is 5.84. The largest absolute Gasteiger partial charge is 0.394 e. The van der Waals surface area contributed by atoms with Crippen molar-refractivity contribution in [1.29, 1.82) is 0 Å². The molecule has 1 aliphatic carbocycles. The van der Waals surface area contributed by atoms with E-state index in [4.69, 9.17) is 5.11 Å². The van der Waals surface area contributed by atoms with E-state index in [0.29, 0.717) is 19.6 Å². The molecule has 134 valence electrons. The minimum atomic E-state index is -0.185. The van der Waals surface area contributed by atoms with Gasteiger partial charge >= 0.3 is 6.03 Å². The van der Waals surface area contributed by atoms with Crippen molar-refractivity contribution in [2.75, 3.05) is 25.0 Å². The molecule has 2 aromatic rings. The van der Waals surface area contributed by atoms with Crippen LogP contribution in [-0.4, -0.2) is 45.6 Å². The van der Waals surface area contributed by atoms with Crippen LogP contribution < -0.4 is 16.0 Å². The summed E-state index contributed by atoms with van der Waals surface area (Å²) in [6.45, 7) is 1.67. The predicted molar refractivity (Wildman–Crippen MR) is 94.3 cm³/mol. The maximum atomic E-state index is 12.1. The van der Waals surface area contributed by atoms with Gasteiger partial charge < -0.3 is 21.1 Å². The molecule has 8 nitrogen and oxygen atoms in total. The van der Waals surface area contributed by atoms with Crippen molar-refractivity contribution in [1.82, 2.24) is 25.4 Å². The molecule has 0 saturated heterocycles. The van der Waals surface area contributed by atoms with Gasteiger partial charge in [-0.1, -0.05) is 6.07 Å². The van der Waals surface area contributed by atoms with Gasteiger partial charge in [0, 0.05) is 30.5 Å². The van der Waals surface area contributed by atoms with Gasteiger partial charge in [-0.05, 0) is 31.4 Å². The van der Waals surface area contributed by atoms with Crippen LogP contribution >= 0.6 is 0 Å². The fourth-order valence-electron chi connectivity index (χ4n) is 3.10. The summed E-state index contributed by atoms with van der Waals surface area (Å²) in [5.41, 5.74) is 2.17. The fraction of sp³-hybridized carbons (Fsp3) is 0.471. The number of nitrogens with zero attached hydrogens (tertiary/aromatic N) is 3. The number of carbonyl (C=O) groups is 1. The first-order valence-electron chi connectivity index (χ1n) is 8.62. The van der Waals surface area contributed by atoms with Gasteiger partial charge in [-0.25, -0.2) is 9.78 Å². The van der Waals surface area contributed by atoms with Crippen LogP contribution in [0.1, 0.15) is 30.1 Å². The zero-order valence-electron chi connectivity index (χ0n) is 14.1. The van der Waals surface area contributed by atoms with E-state index in [0.717, 1.165) is 36.3 Å². The van der Waals surface area contributed by atoms with E-state index in [1.165, 1.54) is 0 Å². The van der Waals surface area contributed by atoms with E-state index >= 15 is 0 Å². The van der Waals surface area contributed by atoms with Gasteiger partial charge in [0.1, 0.15) is 5.82 Å². The molecule has 1 aliphatic rings. The van der Waals surface area contributed by atoms with Crippen LogP contribution in [0.2, 0.25) is 0 Å². The Labute approximate surface area is 146 Å². The maximum absolute atomic E-state index is 12.1. The maximum Gasteiger partial charge on any atom is 0.315 e. The molecule has 1 unspecified atom stereocenters. The summed E-state index contributed by atoms with van der Waals surface area (Å²) >= 11 is 0. The Balaban J connectivity index is 1.46. The third kappa shape index (κ3) is 4.48. The molecule has 0 spiro atoms. The average Bonchev–Trinajstić information content (AvgIpc) is 3.04. The lowest BCUT2D eigenvalue weighted by Gasteiger charge is -2.24. The molecule has 0 bridgehead atoms. The van der Waals surface area contributed by atoms with E-state index in [2.05, 4.69) is 26.0 Å². The molecule has 0 aromatic carbocycles. The minimum Gasteiger partial charge on any atom is -0.394 e. The second-order valence-corrected chi connectivity index (χ2v) is 5.98. The highest BCUT2D eigenvalue weighted by Crippen LogP contribution is 2.29. The second kappa shape index (κ2) is 8.48. The van der Waals surface area contributed by atoms with Crippen molar-refractivity contribution in [2.45, 2.75) is 31.8 Å². The number of aliphatic hydroxyl groups excluding tert-OH is 1. The summed E-state index contributed by atoms with van der Waals surface area (Å²) in [7, 11) is 0. The Hall–Kier alpha value is -2.61. The number of aromatic nitrogens is 3. The average molecular weight is 344 g/mol. The molecule has 1 atom stereocenters. The molecule has 25 heavy (non-hydrogen) atoms. The van der Waals surface area contributed by atoms with E-state index in [9.17, 15) is 4.79 Å². The van der Waals surface area contributed by atoms with Crippen molar-refractivity contribution in [2.24, 2.45) is 0 Å². The SMILES string of the molecule is O=C(NCCNc1ccccn1)NC1CCCc2c1cnn2CCO. The highest BCUT2D eigenvalue weighted by Gasteiger charge is 2.25. The predicted octanol–water partition coefficient (Wildman–Crippen LogP) is 1.06. The van der Waals surface area contributed by atoms with Crippen LogP contribution in [0.15, 0.2) is 30.6 Å². The monoisotopic (exact) mass is 344 g/mol. The molecule has 2 heterocycles. The molecule has 4 N–H and O–H groups in total. The van der Waals surface area contributed by atoms with E-state index < -0.39 is 0 Å². The summed E-state index contributed by atoms with van der Waals surface area (Å²) in [4.78, 5) is 16.3. The number of nitrogens with one attached hydrogen (secondary N) is 3. The van der Waals surface area contributed by atoms with Crippen LogP contribution in [0, 0.1) is 0 Å². The van der Waals surface area contributed by atoms with Crippen LogP contribution in [0.4, 0.5) is 10.6 Å². The van der Waals surface area contributed by atoms with Gasteiger partial charge in [0.05, 0.1) is 25.4 Å². The van der Waals surface area contributed by atoms with Crippen molar-refractivity contribution in [3.63, 3.8) is 0 Å². The Morgan fingerprint density at radius 1 is 1.36 bits per heavy atom. The van der Waals surface area contributed by atoms with Gasteiger partial charge in [0.2, 0.25) is 0 Å². The molecule has 0 fully saturated rings. The number of carbonyl (C=O) groups excluding carboxylic acids is 1. The Morgan fingerprint density at radius 3 is 3.08 bits per heavy atom. The number of amides is 2. The summed E-state index contributed by atoms with van der Waals surface area (Å²) < 4.78 is 1.83. The normalized spacial score (nSPS) is 16.1. The summed E-state index contributed by atoms with van der Waals surface area (Å²) in [6, 6.07) is 5.44. The molecule has 3 rings (SSSR count). The molecule has 8 heteroatoms. The van der Waals surface area contributed by atoms with Gasteiger partial charge in [0.15, 0.2) is 0 Å². The first-order chi connectivity index (χ1) is 12.3. The number of aliphatic hydroxyl groups is 1. The Morgan fingerprint density at radius 2 is 2.28 bits per heavy atom. The summed E-state index contributed by atoms with van der Waals surface area (Å²) in [5, 5.41) is 22.4. The topological polar surface area (TPSA) is 104 Å². The lowest BCUT2D eigenvalue weighted by atomic mass is 9.93. The molecule has 0 radical (unpaired) electrons. The molecular weight excluding hydrogens is 320 g/mol. The van der Waals surface area contributed by atoms with Crippen LogP contribution in [0.5, 0.6) is 0 Å². The van der Waals surface area contributed by atoms with Gasteiger partial charge in [-0.15, -0.1) is 0 Å². The number of urea groups is 1. The highest BCUT2D eigenvalue weighted by atomic mass is 16.3. The molecule has 0 aliphatic heterocycles. The number of rotatable bonds is 7. The van der Waals surface area contributed by atoms with E-state index in [1.807, 2.05) is 22.9 Å². The number of fused-ring (bicyclic) bond motifs is 1. The van der Waals surface area contributed by atoms with Crippen molar-refractivity contribution in [3.8, 4) is 0 Å². The smallest absolute Gasteiger partial charge is 0.315 e. The van der Waals surface area contributed by atoms with Crippen molar-refractivity contribution >= 4 is 11.8 Å². The van der Waals surface area contributed by atoms with Gasteiger partial charge in [-0.3, -0.25) is 4.68 Å².